The van der Waals surface area contributed by atoms with E-state index in [1.807, 2.05) is 42.7 Å². The number of hydrazone groups is 1. The highest BCUT2D eigenvalue weighted by Crippen LogP contribution is 2.27. The number of likely N-dealkylation sites (N-methyl/N-ethyl adjacent to an activating group) is 2. The van der Waals surface area contributed by atoms with Crippen molar-refractivity contribution in [1.29, 1.82) is 0 Å². The second kappa shape index (κ2) is 9.18. The Labute approximate surface area is 195 Å². The Hall–Kier alpha value is -3.47. The predicted octanol–water partition coefficient (Wildman–Crippen LogP) is 3.12. The number of fused-ring (bicyclic) bond motifs is 1. The molecule has 0 bridgehead atoms. The minimum atomic E-state index is 0.280. The van der Waals surface area contributed by atoms with Gasteiger partial charge in [-0.25, -0.2) is 9.97 Å². The minimum absolute atomic E-state index is 0.280. The summed E-state index contributed by atoms with van der Waals surface area (Å²) < 4.78 is 0. The number of nitrogens with zero attached hydrogens (tertiary/aromatic N) is 6. The average molecular weight is 440 g/mol. The molecule has 5 rings (SSSR count). The summed E-state index contributed by atoms with van der Waals surface area (Å²) in [4.78, 5) is 14.1. The number of rotatable bonds is 5. The van der Waals surface area contributed by atoms with Crippen molar-refractivity contribution in [3.05, 3.63) is 59.3 Å². The molecule has 0 spiro atoms. The normalized spacial score (nSPS) is 19.2. The molecule has 0 aliphatic carbocycles. The molecule has 1 N–H and O–H groups in total. The van der Waals surface area contributed by atoms with E-state index in [2.05, 4.69) is 56.4 Å². The summed E-state index contributed by atoms with van der Waals surface area (Å²) >= 11 is 0. The van der Waals surface area contributed by atoms with Gasteiger partial charge in [-0.2, -0.15) is 5.10 Å². The summed E-state index contributed by atoms with van der Waals surface area (Å²) in [6, 6.07) is 12.5. The highest BCUT2D eigenvalue weighted by atomic mass is 15.4. The van der Waals surface area contributed by atoms with Crippen LogP contribution in [0.2, 0.25) is 0 Å². The van der Waals surface area contributed by atoms with Crippen LogP contribution in [-0.2, 0) is 6.54 Å². The number of hydrogen-bond donors (Lipinski definition) is 1. The Bertz CT molecular complexity index is 1220. The van der Waals surface area contributed by atoms with Gasteiger partial charge in [0.05, 0.1) is 5.52 Å². The molecule has 1 unspecified atom stereocenters. The maximum absolute atomic E-state index is 5.51. The van der Waals surface area contributed by atoms with Gasteiger partial charge in [0.2, 0.25) is 5.95 Å². The fourth-order valence-corrected chi connectivity index (χ4v) is 4.44. The standard InChI is InChI=1S/C26H29N7/c1-4-19-5-6-25-22(11-19)15-27-26(30-25)29-24-13-20(17-33-9-7-31(2)8-10-33)12-21(14-24)23-16-28-32(3)18-23/h1,5-6,11-16,23H,7-10,17-18H2,2-3H3,(H,27,29,30). The Morgan fingerprint density at radius 1 is 1.09 bits per heavy atom. The lowest BCUT2D eigenvalue weighted by atomic mass is 9.97. The van der Waals surface area contributed by atoms with Crippen molar-refractivity contribution in [3.8, 4) is 12.3 Å². The molecule has 3 heterocycles. The lowest BCUT2D eigenvalue weighted by Crippen LogP contribution is -2.43. The molecule has 0 amide bonds. The molecule has 7 heteroatoms. The van der Waals surface area contributed by atoms with E-state index < -0.39 is 0 Å². The zero-order valence-electron chi connectivity index (χ0n) is 19.2. The van der Waals surface area contributed by atoms with Crippen molar-refractivity contribution in [2.45, 2.75) is 12.5 Å². The van der Waals surface area contributed by atoms with Crippen LogP contribution < -0.4 is 5.32 Å². The van der Waals surface area contributed by atoms with E-state index in [1.54, 1.807) is 0 Å². The summed E-state index contributed by atoms with van der Waals surface area (Å²) in [5.74, 6) is 3.52. The van der Waals surface area contributed by atoms with E-state index in [4.69, 9.17) is 11.4 Å². The lowest BCUT2D eigenvalue weighted by molar-refractivity contribution is 0.148. The highest BCUT2D eigenvalue weighted by Gasteiger charge is 2.20. The zero-order valence-corrected chi connectivity index (χ0v) is 19.2. The van der Waals surface area contributed by atoms with Crippen molar-refractivity contribution >= 4 is 28.8 Å². The third kappa shape index (κ3) is 4.98. The van der Waals surface area contributed by atoms with E-state index in [9.17, 15) is 0 Å². The van der Waals surface area contributed by atoms with Gasteiger partial charge in [-0.3, -0.25) is 9.91 Å². The lowest BCUT2D eigenvalue weighted by Gasteiger charge is -2.32. The Morgan fingerprint density at radius 2 is 1.94 bits per heavy atom. The molecule has 0 radical (unpaired) electrons. The number of benzene rings is 2. The molecule has 2 aliphatic rings. The molecule has 1 saturated heterocycles. The van der Waals surface area contributed by atoms with Crippen LogP contribution in [0, 0.1) is 12.3 Å². The first-order valence-corrected chi connectivity index (χ1v) is 11.4. The zero-order chi connectivity index (χ0) is 22.8. The quantitative estimate of drug-likeness (QED) is 0.617. The summed E-state index contributed by atoms with van der Waals surface area (Å²) in [5, 5.41) is 10.8. The first-order valence-electron chi connectivity index (χ1n) is 11.4. The first-order chi connectivity index (χ1) is 16.1. The highest BCUT2D eigenvalue weighted by molar-refractivity contribution is 5.80. The second-order valence-corrected chi connectivity index (χ2v) is 8.99. The van der Waals surface area contributed by atoms with Crippen LogP contribution >= 0.6 is 0 Å². The van der Waals surface area contributed by atoms with Gasteiger partial charge in [0.25, 0.3) is 0 Å². The molecule has 168 valence electrons. The van der Waals surface area contributed by atoms with E-state index in [1.165, 1.54) is 11.1 Å². The van der Waals surface area contributed by atoms with Crippen molar-refractivity contribution in [2.75, 3.05) is 52.1 Å². The van der Waals surface area contributed by atoms with Crippen LogP contribution in [0.5, 0.6) is 0 Å². The van der Waals surface area contributed by atoms with Crippen LogP contribution in [0.4, 0.5) is 11.6 Å². The number of aromatic nitrogens is 2. The van der Waals surface area contributed by atoms with Crippen LogP contribution in [0.15, 0.2) is 47.7 Å². The number of terminal acetylenes is 1. The SMILES string of the molecule is C#Cc1ccc2nc(Nc3cc(CN4CCN(C)CC4)cc(C4C=NN(C)C4)c3)ncc2c1. The number of anilines is 2. The fourth-order valence-electron chi connectivity index (χ4n) is 4.44. The molecule has 3 aromatic rings. The summed E-state index contributed by atoms with van der Waals surface area (Å²) in [5.41, 5.74) is 5.25. The van der Waals surface area contributed by atoms with Gasteiger partial charge < -0.3 is 10.2 Å². The van der Waals surface area contributed by atoms with Crippen molar-refractivity contribution in [1.82, 2.24) is 24.8 Å². The molecule has 1 aromatic heterocycles. The van der Waals surface area contributed by atoms with Crippen LogP contribution in [0.3, 0.4) is 0 Å². The molecule has 33 heavy (non-hydrogen) atoms. The number of piperazine rings is 1. The van der Waals surface area contributed by atoms with Gasteiger partial charge in [0.1, 0.15) is 0 Å². The third-order valence-corrected chi connectivity index (χ3v) is 6.35. The molecular formula is C26H29N7. The fraction of sp³-hybridized carbons (Fsp3) is 0.346. The molecule has 2 aromatic carbocycles. The summed E-state index contributed by atoms with van der Waals surface area (Å²) in [7, 11) is 4.20. The molecular weight excluding hydrogens is 410 g/mol. The third-order valence-electron chi connectivity index (χ3n) is 6.35. The van der Waals surface area contributed by atoms with Crippen molar-refractivity contribution < 1.29 is 0 Å². The van der Waals surface area contributed by atoms with E-state index >= 15 is 0 Å². The van der Waals surface area contributed by atoms with E-state index in [0.717, 1.165) is 61.4 Å². The molecule has 1 atom stereocenters. The first kappa shape index (κ1) is 21.4. The maximum atomic E-state index is 5.51. The predicted molar refractivity (Wildman–Crippen MR) is 134 cm³/mol. The smallest absolute Gasteiger partial charge is 0.227 e. The maximum Gasteiger partial charge on any atom is 0.227 e. The van der Waals surface area contributed by atoms with E-state index in [-0.39, 0.29) is 5.92 Å². The molecule has 7 nitrogen and oxygen atoms in total. The largest absolute Gasteiger partial charge is 0.324 e. The van der Waals surface area contributed by atoms with Crippen LogP contribution in [-0.4, -0.2) is 77.8 Å². The molecule has 1 fully saturated rings. The second-order valence-electron chi connectivity index (χ2n) is 8.99. The molecule has 2 aliphatic heterocycles. The van der Waals surface area contributed by atoms with Crippen LogP contribution in [0.25, 0.3) is 10.9 Å². The number of nitrogens with one attached hydrogen (secondary N) is 1. The van der Waals surface area contributed by atoms with Gasteiger partial charge >= 0.3 is 0 Å². The Morgan fingerprint density at radius 3 is 2.70 bits per heavy atom. The average Bonchev–Trinajstić information content (AvgIpc) is 3.26. The van der Waals surface area contributed by atoms with E-state index in [0.29, 0.717) is 5.95 Å². The monoisotopic (exact) mass is 439 g/mol. The van der Waals surface area contributed by atoms with Gasteiger partial charge in [-0.15, -0.1) is 6.42 Å². The van der Waals surface area contributed by atoms with Crippen LogP contribution in [0.1, 0.15) is 22.6 Å². The Kier molecular flexibility index (Phi) is 5.95. The van der Waals surface area contributed by atoms with Gasteiger partial charge in [-0.05, 0) is 48.5 Å². The Balaban J connectivity index is 1.42. The molecule has 0 saturated carbocycles. The van der Waals surface area contributed by atoms with Gasteiger partial charge in [0.15, 0.2) is 0 Å². The van der Waals surface area contributed by atoms with Gasteiger partial charge in [-0.1, -0.05) is 12.0 Å². The topological polar surface area (TPSA) is 59.9 Å². The minimum Gasteiger partial charge on any atom is -0.324 e. The summed E-state index contributed by atoms with van der Waals surface area (Å²) in [6.45, 7) is 6.22. The van der Waals surface area contributed by atoms with Gasteiger partial charge in [0, 0.05) is 81.3 Å². The number of hydrogen-bond acceptors (Lipinski definition) is 7. The van der Waals surface area contributed by atoms with Crippen molar-refractivity contribution in [3.63, 3.8) is 0 Å². The summed E-state index contributed by atoms with van der Waals surface area (Å²) in [6.07, 6.45) is 9.37. The van der Waals surface area contributed by atoms with Crippen molar-refractivity contribution in [2.24, 2.45) is 5.10 Å².